The van der Waals surface area contributed by atoms with Crippen LogP contribution in [0.5, 0.6) is 0 Å². The standard InChI is InChI=1S/C8H11N9O2/c1-2-4(6(18)11-8-13-16-17-14-8)10-7(19)5-3-9-15-12-5/h3-4H,2H2,1H3,(H,10,19)(H,9,12,15)(H2,11,13,14,16,17,18). The van der Waals surface area contributed by atoms with Gasteiger partial charge in [-0.25, -0.2) is 0 Å². The average Bonchev–Trinajstić information content (AvgIpc) is 3.07. The van der Waals surface area contributed by atoms with Gasteiger partial charge in [-0.1, -0.05) is 12.0 Å². The number of nitrogens with zero attached hydrogens (tertiary/aromatic N) is 5. The van der Waals surface area contributed by atoms with Crippen molar-refractivity contribution in [2.24, 2.45) is 0 Å². The first-order chi connectivity index (χ1) is 9.20. The molecule has 0 saturated carbocycles. The van der Waals surface area contributed by atoms with Crippen molar-refractivity contribution in [3.8, 4) is 0 Å². The summed E-state index contributed by atoms with van der Waals surface area (Å²) in [5.74, 6) is -0.899. The van der Waals surface area contributed by atoms with Gasteiger partial charge in [0, 0.05) is 0 Å². The molecule has 0 aliphatic rings. The predicted octanol–water partition coefficient (Wildman–Crippen LogP) is -1.54. The Morgan fingerprint density at radius 1 is 1.37 bits per heavy atom. The highest BCUT2D eigenvalue weighted by Crippen LogP contribution is 1.99. The molecule has 0 aromatic carbocycles. The Hall–Kier alpha value is -2.85. The van der Waals surface area contributed by atoms with Gasteiger partial charge in [-0.05, 0) is 11.6 Å². The number of rotatable bonds is 5. The van der Waals surface area contributed by atoms with Crippen LogP contribution in [-0.4, -0.2) is 53.9 Å². The van der Waals surface area contributed by atoms with E-state index in [1.165, 1.54) is 6.20 Å². The number of hydrogen-bond acceptors (Lipinski definition) is 7. The van der Waals surface area contributed by atoms with E-state index in [1.807, 2.05) is 0 Å². The second kappa shape index (κ2) is 5.66. The fraction of sp³-hybridized carbons (Fsp3) is 0.375. The highest BCUT2D eigenvalue weighted by atomic mass is 16.2. The SMILES string of the molecule is CCC(NC(=O)c1cn[nH]n1)C(=O)Nc1nn[nH]n1. The first-order valence-electron chi connectivity index (χ1n) is 5.41. The highest BCUT2D eigenvalue weighted by molar-refractivity contribution is 5.99. The van der Waals surface area contributed by atoms with Crippen LogP contribution in [0.4, 0.5) is 5.95 Å². The monoisotopic (exact) mass is 265 g/mol. The summed E-state index contributed by atoms with van der Waals surface area (Å²) in [5, 5.41) is 27.0. The zero-order chi connectivity index (χ0) is 13.7. The number of aromatic nitrogens is 7. The number of carbonyl (C=O) groups is 2. The minimum atomic E-state index is -0.734. The Morgan fingerprint density at radius 2 is 2.21 bits per heavy atom. The van der Waals surface area contributed by atoms with Crippen molar-refractivity contribution in [2.75, 3.05) is 5.32 Å². The molecule has 2 amide bonds. The molecule has 4 N–H and O–H groups in total. The van der Waals surface area contributed by atoms with Crippen molar-refractivity contribution >= 4 is 17.8 Å². The molecule has 0 spiro atoms. The van der Waals surface area contributed by atoms with Crippen LogP contribution >= 0.6 is 0 Å². The molecule has 2 heterocycles. The average molecular weight is 265 g/mol. The van der Waals surface area contributed by atoms with Gasteiger partial charge in [0.05, 0.1) is 6.20 Å². The van der Waals surface area contributed by atoms with Crippen molar-refractivity contribution in [3.05, 3.63) is 11.9 Å². The van der Waals surface area contributed by atoms with Crippen molar-refractivity contribution in [2.45, 2.75) is 19.4 Å². The molecule has 100 valence electrons. The largest absolute Gasteiger partial charge is 0.339 e. The number of anilines is 1. The topological polar surface area (TPSA) is 154 Å². The Morgan fingerprint density at radius 3 is 2.79 bits per heavy atom. The molecule has 0 aliphatic carbocycles. The Kier molecular flexibility index (Phi) is 3.75. The molecule has 2 aromatic heterocycles. The Balaban J connectivity index is 1.96. The maximum atomic E-state index is 11.9. The molecular formula is C8H11N9O2. The van der Waals surface area contributed by atoms with Crippen LogP contribution in [0, 0.1) is 0 Å². The van der Waals surface area contributed by atoms with Gasteiger partial charge in [0.15, 0.2) is 5.69 Å². The lowest BCUT2D eigenvalue weighted by atomic mass is 10.2. The highest BCUT2D eigenvalue weighted by Gasteiger charge is 2.21. The summed E-state index contributed by atoms with van der Waals surface area (Å²) in [7, 11) is 0. The molecule has 1 unspecified atom stereocenters. The van der Waals surface area contributed by atoms with Crippen molar-refractivity contribution in [3.63, 3.8) is 0 Å². The molecular weight excluding hydrogens is 254 g/mol. The minimum Gasteiger partial charge on any atom is -0.339 e. The molecule has 0 saturated heterocycles. The van der Waals surface area contributed by atoms with Crippen molar-refractivity contribution in [1.29, 1.82) is 0 Å². The first kappa shape index (κ1) is 12.6. The summed E-state index contributed by atoms with van der Waals surface area (Å²) in [6.45, 7) is 1.75. The van der Waals surface area contributed by atoms with Crippen LogP contribution in [0.3, 0.4) is 0 Å². The van der Waals surface area contributed by atoms with E-state index in [0.717, 1.165) is 0 Å². The molecule has 19 heavy (non-hydrogen) atoms. The van der Waals surface area contributed by atoms with Crippen LogP contribution in [0.2, 0.25) is 0 Å². The molecule has 0 fully saturated rings. The zero-order valence-electron chi connectivity index (χ0n) is 9.91. The van der Waals surface area contributed by atoms with E-state index in [1.54, 1.807) is 6.92 Å². The molecule has 11 nitrogen and oxygen atoms in total. The van der Waals surface area contributed by atoms with E-state index in [-0.39, 0.29) is 11.6 Å². The number of amides is 2. The summed E-state index contributed by atoms with van der Waals surface area (Å²) in [6.07, 6.45) is 1.66. The first-order valence-corrected chi connectivity index (χ1v) is 5.41. The lowest BCUT2D eigenvalue weighted by Crippen LogP contribution is -2.43. The van der Waals surface area contributed by atoms with Crippen LogP contribution < -0.4 is 10.6 Å². The van der Waals surface area contributed by atoms with E-state index in [0.29, 0.717) is 6.42 Å². The number of tetrazole rings is 1. The second-order valence-electron chi connectivity index (χ2n) is 3.51. The molecule has 0 aliphatic heterocycles. The number of H-pyrrole nitrogens is 2. The molecule has 1 atom stereocenters. The number of carbonyl (C=O) groups excluding carboxylic acids is 2. The number of nitrogens with one attached hydrogen (secondary N) is 4. The van der Waals surface area contributed by atoms with Crippen molar-refractivity contribution < 1.29 is 9.59 Å². The van der Waals surface area contributed by atoms with Crippen LogP contribution in [-0.2, 0) is 4.79 Å². The fourth-order valence-electron chi connectivity index (χ4n) is 1.31. The summed E-state index contributed by atoms with van der Waals surface area (Å²) in [6, 6.07) is -0.734. The third-order valence-electron chi connectivity index (χ3n) is 2.26. The molecule has 0 radical (unpaired) electrons. The second-order valence-corrected chi connectivity index (χ2v) is 3.51. The summed E-state index contributed by atoms with van der Waals surface area (Å²) in [5.41, 5.74) is 0.103. The molecule has 2 aromatic rings. The van der Waals surface area contributed by atoms with Gasteiger partial charge in [-0.2, -0.15) is 20.6 Å². The van der Waals surface area contributed by atoms with E-state index in [9.17, 15) is 9.59 Å². The quantitative estimate of drug-likeness (QED) is 0.511. The number of aromatic amines is 2. The fourth-order valence-corrected chi connectivity index (χ4v) is 1.31. The summed E-state index contributed by atoms with van der Waals surface area (Å²) < 4.78 is 0. The van der Waals surface area contributed by atoms with Gasteiger partial charge in [0.1, 0.15) is 6.04 Å². The van der Waals surface area contributed by atoms with Gasteiger partial charge >= 0.3 is 0 Å². The van der Waals surface area contributed by atoms with Crippen molar-refractivity contribution in [1.82, 2.24) is 41.4 Å². The maximum absolute atomic E-state index is 11.9. The van der Waals surface area contributed by atoms with Gasteiger partial charge in [0.25, 0.3) is 11.9 Å². The van der Waals surface area contributed by atoms with Crippen LogP contribution in [0.25, 0.3) is 0 Å². The van der Waals surface area contributed by atoms with Crippen LogP contribution in [0.15, 0.2) is 6.20 Å². The van der Waals surface area contributed by atoms with E-state index in [4.69, 9.17) is 0 Å². The third kappa shape index (κ3) is 3.08. The van der Waals surface area contributed by atoms with E-state index in [2.05, 4.69) is 46.7 Å². The lowest BCUT2D eigenvalue weighted by molar-refractivity contribution is -0.118. The lowest BCUT2D eigenvalue weighted by Gasteiger charge is -2.14. The van der Waals surface area contributed by atoms with Gasteiger partial charge < -0.3 is 5.32 Å². The zero-order valence-corrected chi connectivity index (χ0v) is 9.91. The van der Waals surface area contributed by atoms with E-state index >= 15 is 0 Å². The summed E-state index contributed by atoms with van der Waals surface area (Å²) in [4.78, 5) is 23.6. The maximum Gasteiger partial charge on any atom is 0.274 e. The normalized spacial score (nSPS) is 11.8. The Labute approximate surface area is 106 Å². The van der Waals surface area contributed by atoms with Gasteiger partial charge in [0.2, 0.25) is 5.91 Å². The Bertz CT molecular complexity index is 535. The van der Waals surface area contributed by atoms with Crippen LogP contribution in [0.1, 0.15) is 23.8 Å². The molecule has 11 heteroatoms. The van der Waals surface area contributed by atoms with E-state index < -0.39 is 17.9 Å². The van der Waals surface area contributed by atoms with Gasteiger partial charge in [-0.15, -0.1) is 5.10 Å². The van der Waals surface area contributed by atoms with Gasteiger partial charge in [-0.3, -0.25) is 14.9 Å². The number of hydrogen-bond donors (Lipinski definition) is 4. The molecule has 2 rings (SSSR count). The summed E-state index contributed by atoms with van der Waals surface area (Å²) >= 11 is 0. The molecule has 0 bridgehead atoms. The minimum absolute atomic E-state index is 0.0409. The third-order valence-corrected chi connectivity index (χ3v) is 2.26. The predicted molar refractivity (Wildman–Crippen MR) is 60.7 cm³/mol. The smallest absolute Gasteiger partial charge is 0.274 e.